The molecular formula is C21H29N3O3. The SMILES string of the molecule is COCCCNC(=O)[C@H](C)C1CCN(C(=O)c2cc3ccccc3[nH]2)CC1. The van der Waals surface area contributed by atoms with Crippen LogP contribution in [0.4, 0.5) is 0 Å². The Morgan fingerprint density at radius 2 is 2.04 bits per heavy atom. The number of hydrogen-bond donors (Lipinski definition) is 2. The highest BCUT2D eigenvalue weighted by molar-refractivity contribution is 5.98. The van der Waals surface area contributed by atoms with Gasteiger partial charge in [0.1, 0.15) is 5.69 Å². The minimum absolute atomic E-state index is 0.0297. The summed E-state index contributed by atoms with van der Waals surface area (Å²) in [5, 5.41) is 4.04. The Morgan fingerprint density at radius 1 is 1.30 bits per heavy atom. The zero-order valence-corrected chi connectivity index (χ0v) is 16.2. The van der Waals surface area contributed by atoms with E-state index in [-0.39, 0.29) is 17.7 Å². The minimum Gasteiger partial charge on any atom is -0.385 e. The first-order valence-electron chi connectivity index (χ1n) is 9.74. The molecular weight excluding hydrogens is 342 g/mol. The fourth-order valence-electron chi connectivity index (χ4n) is 3.76. The van der Waals surface area contributed by atoms with Gasteiger partial charge in [0.15, 0.2) is 0 Å². The molecule has 6 heteroatoms. The monoisotopic (exact) mass is 371 g/mol. The second-order valence-corrected chi connectivity index (χ2v) is 7.33. The number of hydrogen-bond acceptors (Lipinski definition) is 3. The van der Waals surface area contributed by atoms with E-state index in [0.717, 1.165) is 30.2 Å². The molecule has 6 nitrogen and oxygen atoms in total. The third kappa shape index (κ3) is 4.69. The lowest BCUT2D eigenvalue weighted by Crippen LogP contribution is -2.43. The molecule has 2 aromatic rings. The van der Waals surface area contributed by atoms with Crippen molar-refractivity contribution in [3.8, 4) is 0 Å². The molecule has 1 aromatic carbocycles. The molecule has 2 amide bonds. The number of benzene rings is 1. The van der Waals surface area contributed by atoms with Gasteiger partial charge in [-0.1, -0.05) is 25.1 Å². The first-order valence-corrected chi connectivity index (χ1v) is 9.74. The number of aromatic amines is 1. The fraction of sp³-hybridized carbons (Fsp3) is 0.524. The number of carbonyl (C=O) groups is 2. The van der Waals surface area contributed by atoms with Crippen LogP contribution in [0.1, 0.15) is 36.7 Å². The molecule has 2 N–H and O–H groups in total. The standard InChI is InChI=1S/C21H29N3O3/c1-15(20(25)22-10-5-13-27-2)16-8-11-24(12-9-16)21(26)19-14-17-6-3-4-7-18(17)23-19/h3-4,6-7,14-16,23H,5,8-13H2,1-2H3,(H,22,25)/t15-/m1/s1. The Kier molecular flexibility index (Phi) is 6.50. The number of H-pyrrole nitrogens is 1. The maximum atomic E-state index is 12.8. The van der Waals surface area contributed by atoms with E-state index in [4.69, 9.17) is 4.74 Å². The molecule has 1 fully saturated rings. The van der Waals surface area contributed by atoms with Gasteiger partial charge < -0.3 is 19.9 Å². The summed E-state index contributed by atoms with van der Waals surface area (Å²) in [5.74, 6) is 0.435. The van der Waals surface area contributed by atoms with Crippen molar-refractivity contribution in [2.75, 3.05) is 33.4 Å². The molecule has 0 unspecified atom stereocenters. The molecule has 0 bridgehead atoms. The summed E-state index contributed by atoms with van der Waals surface area (Å²) in [7, 11) is 1.66. The number of carbonyl (C=O) groups excluding carboxylic acids is 2. The molecule has 0 spiro atoms. The van der Waals surface area contributed by atoms with Crippen LogP contribution in [0.2, 0.25) is 0 Å². The second-order valence-electron chi connectivity index (χ2n) is 7.33. The third-order valence-electron chi connectivity index (χ3n) is 5.53. The van der Waals surface area contributed by atoms with Gasteiger partial charge in [-0.2, -0.15) is 0 Å². The molecule has 0 aliphatic carbocycles. The third-order valence-corrected chi connectivity index (χ3v) is 5.53. The van der Waals surface area contributed by atoms with E-state index in [1.165, 1.54) is 0 Å². The van der Waals surface area contributed by atoms with Crippen LogP contribution in [0, 0.1) is 11.8 Å². The maximum absolute atomic E-state index is 12.8. The van der Waals surface area contributed by atoms with Crippen LogP contribution in [-0.2, 0) is 9.53 Å². The molecule has 1 atom stereocenters. The van der Waals surface area contributed by atoms with Gasteiger partial charge in [-0.05, 0) is 37.3 Å². The number of nitrogens with zero attached hydrogens (tertiary/aromatic N) is 1. The number of likely N-dealkylation sites (tertiary alicyclic amines) is 1. The van der Waals surface area contributed by atoms with Crippen molar-refractivity contribution in [1.82, 2.24) is 15.2 Å². The number of methoxy groups -OCH3 is 1. The molecule has 0 radical (unpaired) electrons. The van der Waals surface area contributed by atoms with Crippen molar-refractivity contribution in [3.05, 3.63) is 36.0 Å². The average molecular weight is 371 g/mol. The lowest BCUT2D eigenvalue weighted by atomic mass is 9.84. The van der Waals surface area contributed by atoms with E-state index < -0.39 is 0 Å². The topological polar surface area (TPSA) is 74.4 Å². The quantitative estimate of drug-likeness (QED) is 0.735. The molecule has 1 saturated heterocycles. The summed E-state index contributed by atoms with van der Waals surface area (Å²) in [4.78, 5) is 30.2. The highest BCUT2D eigenvalue weighted by atomic mass is 16.5. The van der Waals surface area contributed by atoms with E-state index in [9.17, 15) is 9.59 Å². The molecule has 1 aromatic heterocycles. The Morgan fingerprint density at radius 3 is 2.74 bits per heavy atom. The maximum Gasteiger partial charge on any atom is 0.270 e. The molecule has 3 rings (SSSR count). The summed E-state index contributed by atoms with van der Waals surface area (Å²) in [5.41, 5.74) is 1.62. The number of aromatic nitrogens is 1. The van der Waals surface area contributed by atoms with Gasteiger partial charge in [-0.3, -0.25) is 9.59 Å². The summed E-state index contributed by atoms with van der Waals surface area (Å²) in [6.07, 6.45) is 2.55. The van der Waals surface area contributed by atoms with Crippen LogP contribution in [0.5, 0.6) is 0 Å². The highest BCUT2D eigenvalue weighted by Crippen LogP contribution is 2.26. The second kappa shape index (κ2) is 9.04. The van der Waals surface area contributed by atoms with Crippen LogP contribution < -0.4 is 5.32 Å². The van der Waals surface area contributed by atoms with Crippen molar-refractivity contribution in [1.29, 1.82) is 0 Å². The molecule has 146 valence electrons. The van der Waals surface area contributed by atoms with Crippen molar-refractivity contribution < 1.29 is 14.3 Å². The van der Waals surface area contributed by atoms with Gasteiger partial charge in [-0.25, -0.2) is 0 Å². The lowest BCUT2D eigenvalue weighted by molar-refractivity contribution is -0.126. The van der Waals surface area contributed by atoms with Crippen molar-refractivity contribution >= 4 is 22.7 Å². The van der Waals surface area contributed by atoms with Crippen LogP contribution in [0.3, 0.4) is 0 Å². The van der Waals surface area contributed by atoms with Crippen molar-refractivity contribution in [3.63, 3.8) is 0 Å². The first-order chi connectivity index (χ1) is 13.1. The van der Waals surface area contributed by atoms with Crippen LogP contribution in [0.25, 0.3) is 10.9 Å². The van der Waals surface area contributed by atoms with E-state index in [2.05, 4.69) is 10.3 Å². The largest absolute Gasteiger partial charge is 0.385 e. The van der Waals surface area contributed by atoms with E-state index in [1.54, 1.807) is 7.11 Å². The van der Waals surface area contributed by atoms with Crippen LogP contribution >= 0.6 is 0 Å². The first kappa shape index (κ1) is 19.4. The van der Waals surface area contributed by atoms with Gasteiger partial charge in [0.05, 0.1) is 0 Å². The minimum atomic E-state index is -0.0297. The Balaban J connectivity index is 1.50. The Bertz CT molecular complexity index is 745. The van der Waals surface area contributed by atoms with Gasteiger partial charge >= 0.3 is 0 Å². The van der Waals surface area contributed by atoms with E-state index in [0.29, 0.717) is 37.9 Å². The van der Waals surface area contributed by atoms with E-state index in [1.807, 2.05) is 42.2 Å². The molecule has 0 saturated carbocycles. The zero-order chi connectivity index (χ0) is 19.2. The van der Waals surface area contributed by atoms with Gasteiger partial charge in [0, 0.05) is 50.2 Å². The predicted octanol–water partition coefficient (Wildman–Crippen LogP) is 2.81. The predicted molar refractivity (Wildman–Crippen MR) is 106 cm³/mol. The van der Waals surface area contributed by atoms with Gasteiger partial charge in [0.2, 0.25) is 5.91 Å². The average Bonchev–Trinajstić information content (AvgIpc) is 3.14. The number of piperidine rings is 1. The van der Waals surface area contributed by atoms with Gasteiger partial charge in [-0.15, -0.1) is 0 Å². The highest BCUT2D eigenvalue weighted by Gasteiger charge is 2.30. The Labute approximate surface area is 160 Å². The van der Waals surface area contributed by atoms with Crippen LogP contribution in [-0.4, -0.2) is 55.0 Å². The molecule has 2 heterocycles. The van der Waals surface area contributed by atoms with Crippen molar-refractivity contribution in [2.24, 2.45) is 11.8 Å². The number of ether oxygens (including phenoxy) is 1. The number of nitrogens with one attached hydrogen (secondary N) is 2. The van der Waals surface area contributed by atoms with E-state index >= 15 is 0 Å². The summed E-state index contributed by atoms with van der Waals surface area (Å²) >= 11 is 0. The normalized spacial score (nSPS) is 16.4. The Hall–Kier alpha value is -2.34. The summed E-state index contributed by atoms with van der Waals surface area (Å²) < 4.78 is 5.00. The van der Waals surface area contributed by atoms with Gasteiger partial charge in [0.25, 0.3) is 5.91 Å². The number of amides is 2. The summed E-state index contributed by atoms with van der Waals surface area (Å²) in [6, 6.07) is 9.82. The molecule has 27 heavy (non-hydrogen) atoms. The molecule has 1 aliphatic rings. The van der Waals surface area contributed by atoms with Crippen molar-refractivity contribution in [2.45, 2.75) is 26.2 Å². The fourth-order valence-corrected chi connectivity index (χ4v) is 3.76. The smallest absolute Gasteiger partial charge is 0.270 e. The zero-order valence-electron chi connectivity index (χ0n) is 16.2. The van der Waals surface area contributed by atoms with Crippen LogP contribution in [0.15, 0.2) is 30.3 Å². The number of fused-ring (bicyclic) bond motifs is 1. The molecule has 1 aliphatic heterocycles. The number of para-hydroxylation sites is 1. The number of rotatable bonds is 7. The summed E-state index contributed by atoms with van der Waals surface area (Å²) in [6.45, 7) is 4.68. The lowest BCUT2D eigenvalue weighted by Gasteiger charge is -2.34.